The topological polar surface area (TPSA) is 177 Å². The number of likely N-dealkylation sites (N-methyl/N-ethyl adjacent to an activating group) is 1. The van der Waals surface area contributed by atoms with Crippen molar-refractivity contribution < 1.29 is 47.2 Å². The molecule has 3 rings (SSSR count). The summed E-state index contributed by atoms with van der Waals surface area (Å²) in [7, 11) is -0.851. The van der Waals surface area contributed by atoms with Crippen molar-refractivity contribution >= 4 is 43.7 Å². The van der Waals surface area contributed by atoms with Gasteiger partial charge in [-0.25, -0.2) is 14.4 Å². The van der Waals surface area contributed by atoms with Crippen molar-refractivity contribution in [2.75, 3.05) is 32.9 Å². The van der Waals surface area contributed by atoms with Crippen LogP contribution in [0.15, 0.2) is 30.3 Å². The molecule has 5 atom stereocenters. The predicted molar refractivity (Wildman–Crippen MR) is 185 cm³/mol. The zero-order valence-electron chi connectivity index (χ0n) is 30.1. The fraction of sp³-hybridized carbons (Fsp3) is 0.657. The van der Waals surface area contributed by atoms with E-state index in [2.05, 4.69) is 16.1 Å². The Morgan fingerprint density at radius 2 is 1.66 bits per heavy atom. The number of carbonyl (C=O) groups is 6. The standard InChI is InChI=1S/C35H52N5O9P/c1-7-49-50(47)22-27(32(43)37-28(19-23(2)3)33(44)36-6)26(24(4)5)20-40(30(41)16-11-17-31(40)42)38-34(45)29-15-12-18-39(29)35(46)48-21-25-13-9-8-10-14-25/h8-10,13-14,23-24,26-29H,7,11-12,15-22H2,1-6H3,(H-2,36,37,38,43,44,45)/p+2/t26?,27-,28-,29-/m0/s1. The summed E-state index contributed by atoms with van der Waals surface area (Å²) in [5.74, 6) is -4.79. The van der Waals surface area contributed by atoms with Crippen LogP contribution in [0.25, 0.3) is 0 Å². The molecule has 14 nitrogen and oxygen atoms in total. The van der Waals surface area contributed by atoms with E-state index in [0.717, 1.165) is 5.56 Å². The fourth-order valence-electron chi connectivity index (χ4n) is 6.65. The van der Waals surface area contributed by atoms with Crippen LogP contribution in [0.2, 0.25) is 0 Å². The molecule has 2 aliphatic heterocycles. The maximum Gasteiger partial charge on any atom is 0.508 e. The van der Waals surface area contributed by atoms with Crippen LogP contribution in [0.3, 0.4) is 0 Å². The Balaban J connectivity index is 1.94. The average Bonchev–Trinajstić information content (AvgIpc) is 3.57. The molecule has 0 saturated carbocycles. The summed E-state index contributed by atoms with van der Waals surface area (Å²) >= 11 is 0. The van der Waals surface area contributed by atoms with E-state index in [1.807, 2.05) is 58.0 Å². The zero-order chi connectivity index (χ0) is 37.0. The maximum absolute atomic E-state index is 14.1. The lowest BCUT2D eigenvalue weighted by molar-refractivity contribution is -0.823. The third kappa shape index (κ3) is 10.6. The van der Waals surface area contributed by atoms with E-state index in [1.54, 1.807) is 6.92 Å². The minimum Gasteiger partial charge on any atom is -0.445 e. The minimum absolute atomic E-state index is 0.0154. The van der Waals surface area contributed by atoms with E-state index in [4.69, 9.17) is 9.26 Å². The molecule has 0 radical (unpaired) electrons. The van der Waals surface area contributed by atoms with E-state index in [0.29, 0.717) is 25.7 Å². The van der Waals surface area contributed by atoms with Crippen LogP contribution in [-0.4, -0.2) is 90.1 Å². The highest BCUT2D eigenvalue weighted by molar-refractivity contribution is 7.39. The van der Waals surface area contributed by atoms with Gasteiger partial charge in [-0.05, 0) is 54.6 Å². The molecule has 15 heteroatoms. The van der Waals surface area contributed by atoms with Crippen molar-refractivity contribution in [3.05, 3.63) is 35.9 Å². The van der Waals surface area contributed by atoms with Gasteiger partial charge < -0.3 is 15.4 Å². The highest BCUT2D eigenvalue weighted by Gasteiger charge is 2.55. The molecule has 276 valence electrons. The molecule has 0 aliphatic carbocycles. The quantitative estimate of drug-likeness (QED) is 0.123. The number of carbonyl (C=O) groups excluding carboxylic acids is 6. The number of hydrogen-bond acceptors (Lipinski definition) is 9. The number of imide groups is 1. The van der Waals surface area contributed by atoms with Gasteiger partial charge in [0.1, 0.15) is 25.2 Å². The van der Waals surface area contributed by atoms with E-state index in [-0.39, 0.29) is 63.0 Å². The number of amides is 6. The van der Waals surface area contributed by atoms with E-state index < -0.39 is 66.3 Å². The van der Waals surface area contributed by atoms with Gasteiger partial charge in [-0.2, -0.15) is 5.43 Å². The second-order valence-corrected chi connectivity index (χ2v) is 15.0. The van der Waals surface area contributed by atoms with Gasteiger partial charge in [0, 0.05) is 19.5 Å². The summed E-state index contributed by atoms with van der Waals surface area (Å²) in [6, 6.07) is 7.27. The third-order valence-electron chi connectivity index (χ3n) is 9.33. The summed E-state index contributed by atoms with van der Waals surface area (Å²) < 4.78 is 22.9. The Morgan fingerprint density at radius 1 is 1.00 bits per heavy atom. The molecule has 1 aromatic rings. The van der Waals surface area contributed by atoms with E-state index in [1.165, 1.54) is 11.9 Å². The summed E-state index contributed by atoms with van der Waals surface area (Å²) in [5, 5.41) is 5.40. The molecule has 0 bridgehead atoms. The van der Waals surface area contributed by atoms with Crippen LogP contribution in [0.1, 0.15) is 78.7 Å². The number of likely N-dealkylation sites (tertiary alicyclic amines) is 2. The first-order valence-electron chi connectivity index (χ1n) is 17.6. The third-order valence-corrected chi connectivity index (χ3v) is 10.6. The molecule has 2 heterocycles. The number of rotatable bonds is 17. The smallest absolute Gasteiger partial charge is 0.445 e. The van der Waals surface area contributed by atoms with Crippen LogP contribution in [0.4, 0.5) is 4.79 Å². The van der Waals surface area contributed by atoms with Gasteiger partial charge >= 0.3 is 25.9 Å². The SMILES string of the molecule is CCO[P+](=O)C[C@H](C(=O)N[C@@H](CC(C)C)C(=O)NC)C(C[N+]1(NC(=O)[C@@H]2CCCN2C(=O)OCc2ccccc2)C(=O)CCCC1=O)C(C)C. The fourth-order valence-corrected chi connectivity index (χ4v) is 7.80. The van der Waals surface area contributed by atoms with Gasteiger partial charge in [-0.1, -0.05) is 62.6 Å². The molecule has 0 spiro atoms. The van der Waals surface area contributed by atoms with Crippen LogP contribution in [0.5, 0.6) is 0 Å². The van der Waals surface area contributed by atoms with Crippen molar-refractivity contribution in [2.24, 2.45) is 23.7 Å². The minimum atomic E-state index is -2.32. The maximum atomic E-state index is 14.1. The number of nitrogens with one attached hydrogen (secondary N) is 3. The molecule has 2 saturated heterocycles. The average molecular weight is 720 g/mol. The molecular weight excluding hydrogens is 665 g/mol. The van der Waals surface area contributed by atoms with Gasteiger partial charge in [-0.3, -0.25) is 19.3 Å². The molecule has 50 heavy (non-hydrogen) atoms. The Bertz CT molecular complexity index is 1370. The van der Waals surface area contributed by atoms with Crippen molar-refractivity contribution in [2.45, 2.75) is 91.8 Å². The first kappa shape index (κ1) is 40.7. The van der Waals surface area contributed by atoms with Crippen LogP contribution in [0, 0.1) is 23.7 Å². The summed E-state index contributed by atoms with van der Waals surface area (Å²) in [6.07, 6.45) is 0.607. The van der Waals surface area contributed by atoms with Crippen molar-refractivity contribution in [3.63, 3.8) is 0 Å². The summed E-state index contributed by atoms with van der Waals surface area (Å²) in [5.41, 5.74) is 3.52. The van der Waals surface area contributed by atoms with Crippen molar-refractivity contribution in [1.82, 2.24) is 21.0 Å². The lowest BCUT2D eigenvalue weighted by Crippen LogP contribution is -2.72. The van der Waals surface area contributed by atoms with Crippen LogP contribution >= 0.6 is 8.03 Å². The number of benzene rings is 1. The van der Waals surface area contributed by atoms with Gasteiger partial charge in [0.05, 0.1) is 25.4 Å². The predicted octanol–water partition coefficient (Wildman–Crippen LogP) is 3.82. The zero-order valence-corrected chi connectivity index (χ0v) is 31.0. The van der Waals surface area contributed by atoms with Gasteiger partial charge in [-0.15, -0.1) is 4.52 Å². The lowest BCUT2D eigenvalue weighted by Gasteiger charge is -2.40. The number of hydrogen-bond donors (Lipinski definition) is 3. The number of piperidine rings is 1. The lowest BCUT2D eigenvalue weighted by atomic mass is 9.82. The highest BCUT2D eigenvalue weighted by Crippen LogP contribution is 2.36. The second-order valence-electron chi connectivity index (χ2n) is 13.8. The molecule has 1 aromatic carbocycles. The summed E-state index contributed by atoms with van der Waals surface area (Å²) in [6.45, 7) is 9.29. The second kappa shape index (κ2) is 19.0. The normalized spacial score (nSPS) is 19.5. The molecular formula is C35H54N5O9P+2. The Hall–Kier alpha value is -3.74. The molecule has 3 N–H and O–H groups in total. The molecule has 2 aliphatic rings. The Kier molecular flexibility index (Phi) is 15.5. The number of quaternary nitrogens is 1. The first-order valence-corrected chi connectivity index (χ1v) is 18.9. The van der Waals surface area contributed by atoms with Gasteiger partial charge in [0.15, 0.2) is 6.16 Å². The van der Waals surface area contributed by atoms with Crippen LogP contribution in [-0.2, 0) is 44.4 Å². The van der Waals surface area contributed by atoms with Crippen molar-refractivity contribution in [1.29, 1.82) is 0 Å². The van der Waals surface area contributed by atoms with Gasteiger partial charge in [0.2, 0.25) is 11.8 Å². The summed E-state index contributed by atoms with van der Waals surface area (Å²) in [4.78, 5) is 82.9. The number of ether oxygens (including phenoxy) is 1. The van der Waals surface area contributed by atoms with Crippen molar-refractivity contribution in [3.8, 4) is 0 Å². The number of nitrogens with zero attached hydrogens (tertiary/aromatic N) is 2. The highest BCUT2D eigenvalue weighted by atomic mass is 31.1. The van der Waals surface area contributed by atoms with E-state index >= 15 is 0 Å². The van der Waals surface area contributed by atoms with Gasteiger partial charge in [0.25, 0.3) is 5.91 Å². The molecule has 2 unspecified atom stereocenters. The van der Waals surface area contributed by atoms with E-state index in [9.17, 15) is 33.3 Å². The Labute approximate surface area is 295 Å². The molecule has 0 aromatic heterocycles. The molecule has 6 amide bonds. The first-order chi connectivity index (χ1) is 23.7. The monoisotopic (exact) mass is 719 g/mol. The van der Waals surface area contributed by atoms with Crippen LogP contribution < -0.4 is 16.1 Å². The Morgan fingerprint density at radius 3 is 2.24 bits per heavy atom. The molecule has 2 fully saturated rings. The largest absolute Gasteiger partial charge is 0.508 e.